The van der Waals surface area contributed by atoms with Gasteiger partial charge in [-0.05, 0) is 60.4 Å². The lowest BCUT2D eigenvalue weighted by molar-refractivity contribution is -0.123. The Hall–Kier alpha value is -4.91. The fraction of sp³-hybridized carbons (Fsp3) is 0.185. The van der Waals surface area contributed by atoms with Crippen molar-refractivity contribution in [3.05, 3.63) is 88.1 Å². The smallest absolute Gasteiger partial charge is 0.273 e. The fourth-order valence-electron chi connectivity index (χ4n) is 3.95. The van der Waals surface area contributed by atoms with Crippen molar-refractivity contribution in [2.45, 2.75) is 19.5 Å². The molecule has 3 amide bonds. The van der Waals surface area contributed by atoms with Crippen molar-refractivity contribution in [3.8, 4) is 11.5 Å². The average molecular weight is 568 g/mol. The monoisotopic (exact) mass is 567 g/mol. The Morgan fingerprint density at radius 2 is 1.82 bits per heavy atom. The van der Waals surface area contributed by atoms with Gasteiger partial charge in [-0.3, -0.25) is 19.3 Å². The molecule has 4 rings (SSSR count). The van der Waals surface area contributed by atoms with Crippen LogP contribution in [0.2, 0.25) is 0 Å². The van der Waals surface area contributed by atoms with Crippen LogP contribution in [0.4, 0.5) is 15.8 Å². The van der Waals surface area contributed by atoms with Crippen LogP contribution in [0.3, 0.4) is 0 Å². The number of nitrogens with one attached hydrogen (secondary N) is 1. The van der Waals surface area contributed by atoms with E-state index in [1.165, 1.54) is 44.6 Å². The number of anilines is 2. The number of methoxy groups -OCH3 is 2. The van der Waals surface area contributed by atoms with Crippen LogP contribution in [0, 0.1) is 12.7 Å². The number of amides is 3. The first-order chi connectivity index (χ1) is 19.1. The molecular formula is C27H26FN5O6S. The summed E-state index contributed by atoms with van der Waals surface area (Å²) in [4.78, 5) is 40.8. The summed E-state index contributed by atoms with van der Waals surface area (Å²) in [6, 6.07) is 12.1. The molecule has 0 aliphatic carbocycles. The Morgan fingerprint density at radius 3 is 2.40 bits per heavy atom. The van der Waals surface area contributed by atoms with Gasteiger partial charge in [0.15, 0.2) is 11.7 Å². The van der Waals surface area contributed by atoms with E-state index < -0.39 is 29.6 Å². The van der Waals surface area contributed by atoms with Crippen LogP contribution in [0.5, 0.6) is 11.5 Å². The minimum absolute atomic E-state index is 0.0333. The first kappa shape index (κ1) is 28.1. The summed E-state index contributed by atoms with van der Waals surface area (Å²) in [5, 5.41) is 2.78. The molecule has 40 heavy (non-hydrogen) atoms. The van der Waals surface area contributed by atoms with Gasteiger partial charge in [-0.2, -0.15) is 4.37 Å². The number of hydrogen-bond donors (Lipinski definition) is 3. The molecule has 13 heteroatoms. The highest BCUT2D eigenvalue weighted by atomic mass is 32.1. The predicted octanol–water partition coefficient (Wildman–Crippen LogP) is 3.59. The van der Waals surface area contributed by atoms with Crippen LogP contribution in [0.15, 0.2) is 59.0 Å². The van der Waals surface area contributed by atoms with Gasteiger partial charge in [0.05, 0.1) is 25.6 Å². The maximum atomic E-state index is 14.2. The molecule has 2 aromatic heterocycles. The van der Waals surface area contributed by atoms with Gasteiger partial charge in [-0.25, -0.2) is 4.39 Å². The standard InChI is InChI=1S/C27H26FN5O6S/c1-14-4-11-19(39-14)23(26(35)31-13-15-5-7-16(28)8-6-15)33(18-10-9-17(37-2)12-20(18)38-3)27(36)24-21(29)22(25(30)34)32-40-24/h4-12,23H,13,29H2,1-3H3,(H2,30,34)(H,31,35)/t23-/m0/s1. The second-order valence-corrected chi connectivity index (χ2v) is 9.32. The number of nitrogens with two attached hydrogens (primary N) is 2. The van der Waals surface area contributed by atoms with E-state index in [1.54, 1.807) is 31.2 Å². The van der Waals surface area contributed by atoms with Crippen molar-refractivity contribution >= 4 is 40.6 Å². The van der Waals surface area contributed by atoms with E-state index in [4.69, 9.17) is 25.4 Å². The number of hydrogen-bond acceptors (Lipinski definition) is 9. The number of halogens is 1. The number of nitrogen functional groups attached to an aromatic ring is 1. The van der Waals surface area contributed by atoms with E-state index >= 15 is 0 Å². The molecule has 0 fully saturated rings. The molecule has 0 bridgehead atoms. The van der Waals surface area contributed by atoms with Gasteiger partial charge in [-0.1, -0.05) is 12.1 Å². The number of furan rings is 1. The zero-order chi connectivity index (χ0) is 29.0. The maximum absolute atomic E-state index is 14.2. The molecular weight excluding hydrogens is 541 g/mol. The summed E-state index contributed by atoms with van der Waals surface area (Å²) in [5.74, 6) is -1.44. The van der Waals surface area contributed by atoms with Crippen LogP contribution in [0.25, 0.3) is 0 Å². The Kier molecular flexibility index (Phi) is 8.34. The molecule has 0 spiro atoms. The molecule has 208 valence electrons. The van der Waals surface area contributed by atoms with E-state index in [2.05, 4.69) is 9.69 Å². The molecule has 0 aliphatic rings. The number of primary amides is 1. The fourth-order valence-corrected chi connectivity index (χ4v) is 4.69. The number of nitrogens with zero attached hydrogens (tertiary/aromatic N) is 2. The van der Waals surface area contributed by atoms with Crippen molar-refractivity contribution in [1.29, 1.82) is 0 Å². The van der Waals surface area contributed by atoms with E-state index in [9.17, 15) is 18.8 Å². The second kappa shape index (κ2) is 11.9. The van der Waals surface area contributed by atoms with Crippen LogP contribution in [0.1, 0.15) is 43.3 Å². The highest BCUT2D eigenvalue weighted by Crippen LogP contribution is 2.40. The normalized spacial score (nSPS) is 11.5. The molecule has 2 aromatic carbocycles. The number of rotatable bonds is 10. The minimum Gasteiger partial charge on any atom is -0.497 e. The largest absolute Gasteiger partial charge is 0.497 e. The molecule has 4 aromatic rings. The van der Waals surface area contributed by atoms with Gasteiger partial charge in [0.2, 0.25) is 0 Å². The van der Waals surface area contributed by atoms with Crippen molar-refractivity contribution in [2.75, 3.05) is 24.9 Å². The molecule has 0 saturated carbocycles. The Balaban J connectivity index is 1.86. The van der Waals surface area contributed by atoms with Crippen molar-refractivity contribution in [1.82, 2.24) is 9.69 Å². The molecule has 0 aliphatic heterocycles. The highest BCUT2D eigenvalue weighted by molar-refractivity contribution is 7.09. The van der Waals surface area contributed by atoms with E-state index in [-0.39, 0.29) is 40.0 Å². The number of carbonyl (C=O) groups is 3. The third-order valence-electron chi connectivity index (χ3n) is 5.94. The van der Waals surface area contributed by atoms with E-state index in [0.29, 0.717) is 28.6 Å². The summed E-state index contributed by atoms with van der Waals surface area (Å²) in [6.07, 6.45) is 0. The summed E-state index contributed by atoms with van der Waals surface area (Å²) in [6.45, 7) is 1.73. The zero-order valence-electron chi connectivity index (χ0n) is 21.8. The molecule has 1 atom stereocenters. The molecule has 2 heterocycles. The first-order valence-electron chi connectivity index (χ1n) is 11.8. The molecule has 0 unspecified atom stereocenters. The third-order valence-corrected chi connectivity index (χ3v) is 6.79. The van der Waals surface area contributed by atoms with Crippen molar-refractivity contribution < 1.29 is 32.7 Å². The molecule has 11 nitrogen and oxygen atoms in total. The lowest BCUT2D eigenvalue weighted by Crippen LogP contribution is -2.44. The number of ether oxygens (including phenoxy) is 2. The van der Waals surface area contributed by atoms with Gasteiger partial charge in [-0.15, -0.1) is 0 Å². The zero-order valence-corrected chi connectivity index (χ0v) is 22.6. The Morgan fingerprint density at radius 1 is 1.10 bits per heavy atom. The number of benzene rings is 2. The topological polar surface area (TPSA) is 163 Å². The summed E-state index contributed by atoms with van der Waals surface area (Å²) in [5.41, 5.74) is 11.8. The van der Waals surface area contributed by atoms with Gasteiger partial charge in [0.1, 0.15) is 33.7 Å². The van der Waals surface area contributed by atoms with Crippen molar-refractivity contribution in [2.24, 2.45) is 5.73 Å². The van der Waals surface area contributed by atoms with Crippen molar-refractivity contribution in [3.63, 3.8) is 0 Å². The second-order valence-electron chi connectivity index (χ2n) is 8.55. The first-order valence-corrected chi connectivity index (χ1v) is 12.6. The Bertz CT molecular complexity index is 1550. The van der Waals surface area contributed by atoms with Gasteiger partial charge < -0.3 is 30.7 Å². The SMILES string of the molecule is COc1ccc(N(C(=O)c2snc(C(N)=O)c2N)[C@H](C(=O)NCc2ccc(F)cc2)c2ccc(C)o2)c(OC)c1. The number of carbonyl (C=O) groups excluding carboxylic acids is 3. The van der Waals surface area contributed by atoms with E-state index in [0.717, 1.165) is 4.90 Å². The maximum Gasteiger partial charge on any atom is 0.273 e. The number of aromatic nitrogens is 1. The summed E-state index contributed by atoms with van der Waals surface area (Å²) >= 11 is 0.667. The van der Waals surface area contributed by atoms with Crippen LogP contribution >= 0.6 is 11.5 Å². The third kappa shape index (κ3) is 5.73. The lowest BCUT2D eigenvalue weighted by Gasteiger charge is -2.31. The van der Waals surface area contributed by atoms with E-state index in [1.807, 2.05) is 0 Å². The molecule has 0 saturated heterocycles. The van der Waals surface area contributed by atoms with Gasteiger partial charge >= 0.3 is 0 Å². The molecule has 5 N–H and O–H groups in total. The lowest BCUT2D eigenvalue weighted by atomic mass is 10.1. The summed E-state index contributed by atoms with van der Waals surface area (Å²) in [7, 11) is 2.87. The molecule has 0 radical (unpaired) electrons. The highest BCUT2D eigenvalue weighted by Gasteiger charge is 2.39. The van der Waals surface area contributed by atoms with Crippen LogP contribution < -0.4 is 31.2 Å². The Labute approximate surface area is 232 Å². The van der Waals surface area contributed by atoms with Gasteiger partial charge in [0.25, 0.3) is 17.7 Å². The number of aryl methyl sites for hydroxylation is 1. The van der Waals surface area contributed by atoms with Gasteiger partial charge in [0, 0.05) is 12.6 Å². The predicted molar refractivity (Wildman–Crippen MR) is 146 cm³/mol. The minimum atomic E-state index is -1.37. The summed E-state index contributed by atoms with van der Waals surface area (Å²) < 4.78 is 34.0. The van der Waals surface area contributed by atoms with Crippen LogP contribution in [-0.2, 0) is 11.3 Å². The van der Waals surface area contributed by atoms with Crippen LogP contribution in [-0.4, -0.2) is 36.3 Å². The quantitative estimate of drug-likeness (QED) is 0.262. The average Bonchev–Trinajstić information content (AvgIpc) is 3.55.